The molecule has 7 nitrogen and oxygen atoms in total. The van der Waals surface area contributed by atoms with Crippen LogP contribution in [0.2, 0.25) is 0 Å². The van der Waals surface area contributed by atoms with E-state index in [-0.39, 0.29) is 17.4 Å². The van der Waals surface area contributed by atoms with E-state index in [4.69, 9.17) is 5.73 Å². The number of benzene rings is 1. The van der Waals surface area contributed by atoms with Gasteiger partial charge in [0.1, 0.15) is 11.4 Å². The van der Waals surface area contributed by atoms with Crippen molar-refractivity contribution in [2.24, 2.45) is 5.92 Å². The molecule has 1 aromatic carbocycles. The fourth-order valence-corrected chi connectivity index (χ4v) is 2.57. The lowest BCUT2D eigenvalue weighted by atomic mass is 10.2. The van der Waals surface area contributed by atoms with Gasteiger partial charge in [-0.2, -0.15) is 0 Å². The Morgan fingerprint density at radius 3 is 3.00 bits per heavy atom. The summed E-state index contributed by atoms with van der Waals surface area (Å²) in [4.78, 5) is 28.4. The van der Waals surface area contributed by atoms with Gasteiger partial charge in [-0.05, 0) is 43.4 Å². The summed E-state index contributed by atoms with van der Waals surface area (Å²) in [6.45, 7) is 2.70. The Bertz CT molecular complexity index is 928. The average Bonchev–Trinajstić information content (AvgIpc) is 3.31. The third kappa shape index (κ3) is 2.80. The van der Waals surface area contributed by atoms with E-state index >= 15 is 0 Å². The second-order valence-electron chi connectivity index (χ2n) is 6.25. The summed E-state index contributed by atoms with van der Waals surface area (Å²) in [7, 11) is 0. The summed E-state index contributed by atoms with van der Waals surface area (Å²) >= 11 is 0. The van der Waals surface area contributed by atoms with Gasteiger partial charge < -0.3 is 16.0 Å². The zero-order chi connectivity index (χ0) is 16.7. The molecule has 0 bridgehead atoms. The first-order valence-corrected chi connectivity index (χ1v) is 7.97. The lowest BCUT2D eigenvalue weighted by molar-refractivity contribution is 0.0946. The van der Waals surface area contributed by atoms with E-state index in [9.17, 15) is 4.79 Å². The highest BCUT2D eigenvalue weighted by Crippen LogP contribution is 2.27. The van der Waals surface area contributed by atoms with Gasteiger partial charge in [-0.3, -0.25) is 4.79 Å². The maximum absolute atomic E-state index is 12.2. The second kappa shape index (κ2) is 5.59. The highest BCUT2D eigenvalue weighted by Gasteiger charge is 2.23. The smallest absolute Gasteiger partial charge is 0.271 e. The Morgan fingerprint density at radius 2 is 2.21 bits per heavy atom. The number of nitrogens with two attached hydrogens (primary N) is 1. The molecule has 0 radical (unpaired) electrons. The standard InChI is InChI=1S/C17H18N6O/c1-9-2-5-11-12(6-9)23-16(22-11)14-15(18)19-8-13(21-14)17(24)20-7-10-3-4-10/h2,5-6,8,10H,3-4,7H2,1H3,(H2,18,19)(H,20,24)(H,22,23). The molecule has 1 fully saturated rings. The average molecular weight is 322 g/mol. The number of nitrogens with one attached hydrogen (secondary N) is 2. The molecule has 0 aliphatic heterocycles. The number of aromatic nitrogens is 4. The summed E-state index contributed by atoms with van der Waals surface area (Å²) in [6.07, 6.45) is 3.75. The molecule has 4 N–H and O–H groups in total. The van der Waals surface area contributed by atoms with Crippen LogP contribution in [0.5, 0.6) is 0 Å². The van der Waals surface area contributed by atoms with Crippen LogP contribution in [0, 0.1) is 12.8 Å². The summed E-state index contributed by atoms with van der Waals surface area (Å²) in [5.41, 5.74) is 9.43. The number of carbonyl (C=O) groups excluding carboxylic acids is 1. The van der Waals surface area contributed by atoms with Crippen molar-refractivity contribution >= 4 is 22.8 Å². The van der Waals surface area contributed by atoms with Crippen molar-refractivity contribution in [3.63, 3.8) is 0 Å². The first-order valence-electron chi connectivity index (χ1n) is 7.97. The molecule has 24 heavy (non-hydrogen) atoms. The lowest BCUT2D eigenvalue weighted by Crippen LogP contribution is -2.26. The third-order valence-electron chi connectivity index (χ3n) is 4.14. The van der Waals surface area contributed by atoms with Crippen LogP contribution in [0.25, 0.3) is 22.6 Å². The molecular weight excluding hydrogens is 304 g/mol. The molecular formula is C17H18N6O. The van der Waals surface area contributed by atoms with Crippen molar-refractivity contribution in [3.8, 4) is 11.5 Å². The number of aromatic amines is 1. The number of hydrogen-bond donors (Lipinski definition) is 3. The van der Waals surface area contributed by atoms with Gasteiger partial charge in [-0.25, -0.2) is 15.0 Å². The Morgan fingerprint density at radius 1 is 1.38 bits per heavy atom. The van der Waals surface area contributed by atoms with E-state index in [2.05, 4.69) is 25.3 Å². The number of hydrogen-bond acceptors (Lipinski definition) is 5. The van der Waals surface area contributed by atoms with E-state index in [0.717, 1.165) is 16.6 Å². The summed E-state index contributed by atoms with van der Waals surface area (Å²) < 4.78 is 0. The maximum atomic E-state index is 12.2. The largest absolute Gasteiger partial charge is 0.382 e. The van der Waals surface area contributed by atoms with E-state index in [1.807, 2.05) is 25.1 Å². The predicted molar refractivity (Wildman–Crippen MR) is 91.3 cm³/mol. The number of imidazole rings is 1. The van der Waals surface area contributed by atoms with Crippen LogP contribution < -0.4 is 11.1 Å². The number of nitrogen functional groups attached to an aromatic ring is 1. The van der Waals surface area contributed by atoms with Gasteiger partial charge in [-0.1, -0.05) is 6.07 Å². The van der Waals surface area contributed by atoms with Crippen LogP contribution in [0.3, 0.4) is 0 Å². The summed E-state index contributed by atoms with van der Waals surface area (Å²) in [5.74, 6) is 1.12. The maximum Gasteiger partial charge on any atom is 0.271 e. The van der Waals surface area contributed by atoms with Gasteiger partial charge in [0.05, 0.1) is 17.2 Å². The quantitative estimate of drug-likeness (QED) is 0.681. The molecule has 0 saturated heterocycles. The van der Waals surface area contributed by atoms with Gasteiger partial charge in [0.15, 0.2) is 11.6 Å². The molecule has 0 unspecified atom stereocenters. The van der Waals surface area contributed by atoms with Gasteiger partial charge in [0, 0.05) is 6.54 Å². The zero-order valence-electron chi connectivity index (χ0n) is 13.3. The normalized spacial score (nSPS) is 14.0. The third-order valence-corrected chi connectivity index (χ3v) is 4.14. The Balaban J connectivity index is 1.67. The van der Waals surface area contributed by atoms with Crippen molar-refractivity contribution < 1.29 is 4.79 Å². The number of aryl methyl sites for hydroxylation is 1. The molecule has 4 rings (SSSR count). The van der Waals surface area contributed by atoms with E-state index < -0.39 is 0 Å². The van der Waals surface area contributed by atoms with Gasteiger partial charge in [0.25, 0.3) is 5.91 Å². The fraction of sp³-hybridized carbons (Fsp3) is 0.294. The fourth-order valence-electron chi connectivity index (χ4n) is 2.57. The number of carbonyl (C=O) groups is 1. The minimum Gasteiger partial charge on any atom is -0.382 e. The van der Waals surface area contributed by atoms with E-state index in [1.54, 1.807) is 0 Å². The Labute approximate surface area is 138 Å². The molecule has 1 saturated carbocycles. The first-order chi connectivity index (χ1) is 11.6. The molecule has 1 aliphatic carbocycles. The van der Waals surface area contributed by atoms with Crippen LogP contribution in [0.1, 0.15) is 28.9 Å². The highest BCUT2D eigenvalue weighted by molar-refractivity contribution is 5.93. The topological polar surface area (TPSA) is 110 Å². The van der Waals surface area contributed by atoms with Crippen molar-refractivity contribution in [2.45, 2.75) is 19.8 Å². The summed E-state index contributed by atoms with van der Waals surface area (Å²) in [6, 6.07) is 5.92. The number of anilines is 1. The number of nitrogens with zero attached hydrogens (tertiary/aromatic N) is 3. The first kappa shape index (κ1) is 14.6. The number of amides is 1. The molecule has 2 heterocycles. The van der Waals surface area contributed by atoms with Crippen LogP contribution in [0.15, 0.2) is 24.4 Å². The Hall–Kier alpha value is -2.96. The molecule has 3 aromatic rings. The van der Waals surface area contributed by atoms with Gasteiger partial charge in [-0.15, -0.1) is 0 Å². The molecule has 2 aromatic heterocycles. The van der Waals surface area contributed by atoms with Crippen LogP contribution >= 0.6 is 0 Å². The molecule has 0 spiro atoms. The van der Waals surface area contributed by atoms with Crippen molar-refractivity contribution in [3.05, 3.63) is 35.7 Å². The van der Waals surface area contributed by atoms with Crippen LogP contribution in [0.4, 0.5) is 5.82 Å². The minimum atomic E-state index is -0.234. The minimum absolute atomic E-state index is 0.234. The van der Waals surface area contributed by atoms with E-state index in [1.165, 1.54) is 19.0 Å². The van der Waals surface area contributed by atoms with Crippen molar-refractivity contribution in [1.82, 2.24) is 25.3 Å². The number of rotatable bonds is 4. The second-order valence-corrected chi connectivity index (χ2v) is 6.25. The molecule has 122 valence electrons. The molecule has 1 aliphatic rings. The zero-order valence-corrected chi connectivity index (χ0v) is 13.3. The van der Waals surface area contributed by atoms with Crippen LogP contribution in [-0.4, -0.2) is 32.4 Å². The SMILES string of the molecule is Cc1ccc2nc(-c3nc(C(=O)NCC4CC4)cnc3N)[nH]c2c1. The molecule has 0 atom stereocenters. The van der Waals surface area contributed by atoms with Crippen molar-refractivity contribution in [2.75, 3.05) is 12.3 Å². The highest BCUT2D eigenvalue weighted by atomic mass is 16.1. The van der Waals surface area contributed by atoms with Gasteiger partial charge in [0.2, 0.25) is 0 Å². The van der Waals surface area contributed by atoms with Gasteiger partial charge >= 0.3 is 0 Å². The van der Waals surface area contributed by atoms with E-state index in [0.29, 0.717) is 24.0 Å². The molecule has 7 heteroatoms. The number of fused-ring (bicyclic) bond motifs is 1. The number of H-pyrrole nitrogens is 1. The van der Waals surface area contributed by atoms with Crippen LogP contribution in [-0.2, 0) is 0 Å². The van der Waals surface area contributed by atoms with Crippen molar-refractivity contribution in [1.29, 1.82) is 0 Å². The predicted octanol–water partition coefficient (Wildman–Crippen LogP) is 2.05. The lowest BCUT2D eigenvalue weighted by Gasteiger charge is -2.06. The summed E-state index contributed by atoms with van der Waals surface area (Å²) in [5, 5.41) is 2.88. The molecule has 1 amide bonds. The monoisotopic (exact) mass is 322 g/mol. The Kier molecular flexibility index (Phi) is 3.41.